The molecule has 0 saturated heterocycles. The molecule has 0 aliphatic carbocycles. The number of nitrogens with one attached hydrogen (secondary N) is 3. The summed E-state index contributed by atoms with van der Waals surface area (Å²) in [5, 5.41) is 8.70. The van der Waals surface area contributed by atoms with Gasteiger partial charge >= 0.3 is 0 Å². The first-order valence-electron chi connectivity index (χ1n) is 8.78. The standard InChI is InChI=1S/C20H25N3O4/c1-3-21-11-12-22-20(25)15-7-9-17(10-8-15)27-14-19(24)23-16-5-4-6-18(13-16)26-2/h4-10,13,21H,3,11-12,14H2,1-2H3,(H,22,25)(H,23,24). The molecule has 27 heavy (non-hydrogen) atoms. The fourth-order valence-corrected chi connectivity index (χ4v) is 2.29. The Balaban J connectivity index is 1.78. The maximum Gasteiger partial charge on any atom is 0.262 e. The highest BCUT2D eigenvalue weighted by Crippen LogP contribution is 2.17. The summed E-state index contributed by atoms with van der Waals surface area (Å²) < 4.78 is 10.6. The van der Waals surface area contributed by atoms with Crippen LogP contribution in [-0.4, -0.2) is 45.2 Å². The molecule has 2 amide bonds. The first-order chi connectivity index (χ1) is 13.1. The van der Waals surface area contributed by atoms with E-state index in [4.69, 9.17) is 9.47 Å². The van der Waals surface area contributed by atoms with Gasteiger partial charge in [-0.05, 0) is 42.9 Å². The van der Waals surface area contributed by atoms with Gasteiger partial charge in [-0.15, -0.1) is 0 Å². The molecule has 0 aromatic heterocycles. The van der Waals surface area contributed by atoms with Gasteiger partial charge in [-0.2, -0.15) is 0 Å². The summed E-state index contributed by atoms with van der Waals surface area (Å²) in [5.74, 6) is 0.747. The topological polar surface area (TPSA) is 88.7 Å². The molecule has 0 fully saturated rings. The van der Waals surface area contributed by atoms with Crippen LogP contribution in [0.4, 0.5) is 5.69 Å². The molecule has 2 aromatic rings. The number of anilines is 1. The van der Waals surface area contributed by atoms with E-state index in [1.54, 1.807) is 55.6 Å². The monoisotopic (exact) mass is 371 g/mol. The predicted molar refractivity (Wildman–Crippen MR) is 104 cm³/mol. The van der Waals surface area contributed by atoms with Crippen molar-refractivity contribution in [2.45, 2.75) is 6.92 Å². The molecule has 0 bridgehead atoms. The van der Waals surface area contributed by atoms with Crippen molar-refractivity contribution in [1.82, 2.24) is 10.6 Å². The molecule has 7 nitrogen and oxygen atoms in total. The summed E-state index contributed by atoms with van der Waals surface area (Å²) in [4.78, 5) is 24.0. The van der Waals surface area contributed by atoms with Crippen molar-refractivity contribution in [3.05, 3.63) is 54.1 Å². The van der Waals surface area contributed by atoms with Crippen molar-refractivity contribution in [2.24, 2.45) is 0 Å². The number of methoxy groups -OCH3 is 1. The number of ether oxygens (including phenoxy) is 2. The Hall–Kier alpha value is -3.06. The Morgan fingerprint density at radius 2 is 1.78 bits per heavy atom. The smallest absolute Gasteiger partial charge is 0.262 e. The van der Waals surface area contributed by atoms with Gasteiger partial charge in [-0.25, -0.2) is 0 Å². The quantitative estimate of drug-likeness (QED) is 0.556. The van der Waals surface area contributed by atoms with E-state index in [1.165, 1.54) is 0 Å². The minimum Gasteiger partial charge on any atom is -0.497 e. The van der Waals surface area contributed by atoms with Crippen molar-refractivity contribution in [1.29, 1.82) is 0 Å². The minimum absolute atomic E-state index is 0.133. The Morgan fingerprint density at radius 3 is 2.48 bits per heavy atom. The van der Waals surface area contributed by atoms with Crippen LogP contribution in [-0.2, 0) is 4.79 Å². The fraction of sp³-hybridized carbons (Fsp3) is 0.300. The molecule has 0 aliphatic rings. The lowest BCUT2D eigenvalue weighted by Gasteiger charge is -2.09. The van der Waals surface area contributed by atoms with Gasteiger partial charge in [0.2, 0.25) is 0 Å². The second-order valence-electron chi connectivity index (χ2n) is 5.70. The van der Waals surface area contributed by atoms with Crippen molar-refractivity contribution in [2.75, 3.05) is 38.7 Å². The highest BCUT2D eigenvalue weighted by atomic mass is 16.5. The minimum atomic E-state index is -0.284. The van der Waals surface area contributed by atoms with Crippen LogP contribution in [0.5, 0.6) is 11.5 Å². The Kier molecular flexibility index (Phi) is 8.12. The van der Waals surface area contributed by atoms with Crippen LogP contribution in [0, 0.1) is 0 Å². The Labute approximate surface area is 159 Å². The van der Waals surface area contributed by atoms with E-state index in [2.05, 4.69) is 16.0 Å². The zero-order chi connectivity index (χ0) is 19.5. The van der Waals surface area contributed by atoms with E-state index in [1.807, 2.05) is 6.92 Å². The van der Waals surface area contributed by atoms with Crippen LogP contribution in [0.1, 0.15) is 17.3 Å². The summed E-state index contributed by atoms with van der Waals surface area (Å²) in [6, 6.07) is 13.7. The molecule has 3 N–H and O–H groups in total. The molecule has 0 atom stereocenters. The molecule has 0 heterocycles. The molecule has 2 rings (SSSR count). The first kappa shape index (κ1) is 20.3. The lowest BCUT2D eigenvalue weighted by Crippen LogP contribution is -2.31. The van der Waals surface area contributed by atoms with Crippen molar-refractivity contribution in [3.63, 3.8) is 0 Å². The molecule has 0 spiro atoms. The summed E-state index contributed by atoms with van der Waals surface area (Å²) >= 11 is 0. The van der Waals surface area contributed by atoms with Crippen LogP contribution in [0.2, 0.25) is 0 Å². The number of rotatable bonds is 10. The molecular weight excluding hydrogens is 346 g/mol. The highest BCUT2D eigenvalue weighted by Gasteiger charge is 2.07. The van der Waals surface area contributed by atoms with E-state index in [0.29, 0.717) is 29.3 Å². The van der Waals surface area contributed by atoms with Gasteiger partial charge < -0.3 is 25.4 Å². The van der Waals surface area contributed by atoms with Gasteiger partial charge in [0.25, 0.3) is 11.8 Å². The van der Waals surface area contributed by atoms with Crippen LogP contribution < -0.4 is 25.4 Å². The van der Waals surface area contributed by atoms with Gasteiger partial charge in [0.1, 0.15) is 11.5 Å². The largest absolute Gasteiger partial charge is 0.497 e. The third kappa shape index (κ3) is 6.99. The van der Waals surface area contributed by atoms with E-state index in [0.717, 1.165) is 13.1 Å². The molecule has 2 aromatic carbocycles. The van der Waals surface area contributed by atoms with Gasteiger partial charge in [-0.1, -0.05) is 13.0 Å². The number of carbonyl (C=O) groups excluding carboxylic acids is 2. The molecule has 0 saturated carbocycles. The lowest BCUT2D eigenvalue weighted by molar-refractivity contribution is -0.118. The number of carbonyl (C=O) groups is 2. The highest BCUT2D eigenvalue weighted by molar-refractivity contribution is 5.94. The van der Waals surface area contributed by atoms with Gasteiger partial charge in [0.15, 0.2) is 6.61 Å². The van der Waals surface area contributed by atoms with E-state index in [9.17, 15) is 9.59 Å². The molecule has 0 unspecified atom stereocenters. The summed E-state index contributed by atoms with van der Waals surface area (Å²) in [7, 11) is 1.57. The summed E-state index contributed by atoms with van der Waals surface area (Å²) in [6.45, 7) is 4.04. The normalized spacial score (nSPS) is 10.1. The van der Waals surface area contributed by atoms with Gasteiger partial charge in [0, 0.05) is 30.4 Å². The van der Waals surface area contributed by atoms with Crippen molar-refractivity contribution < 1.29 is 19.1 Å². The number of benzene rings is 2. The average molecular weight is 371 g/mol. The van der Waals surface area contributed by atoms with Crippen LogP contribution in [0.3, 0.4) is 0 Å². The second kappa shape index (κ2) is 10.8. The van der Waals surface area contributed by atoms with E-state index >= 15 is 0 Å². The molecule has 0 radical (unpaired) electrons. The molecule has 144 valence electrons. The average Bonchev–Trinajstić information content (AvgIpc) is 2.70. The summed E-state index contributed by atoms with van der Waals surface area (Å²) in [5.41, 5.74) is 1.17. The van der Waals surface area contributed by atoms with Crippen LogP contribution >= 0.6 is 0 Å². The fourth-order valence-electron chi connectivity index (χ4n) is 2.29. The molecule has 7 heteroatoms. The number of hydrogen-bond donors (Lipinski definition) is 3. The van der Waals surface area contributed by atoms with Crippen molar-refractivity contribution in [3.8, 4) is 11.5 Å². The third-order valence-corrected chi connectivity index (χ3v) is 3.68. The molecular formula is C20H25N3O4. The number of hydrogen-bond acceptors (Lipinski definition) is 5. The maximum atomic E-state index is 12.0. The zero-order valence-electron chi connectivity index (χ0n) is 15.6. The first-order valence-corrected chi connectivity index (χ1v) is 8.78. The zero-order valence-corrected chi connectivity index (χ0v) is 15.6. The van der Waals surface area contributed by atoms with Gasteiger partial charge in [-0.3, -0.25) is 9.59 Å². The maximum absolute atomic E-state index is 12.0. The third-order valence-electron chi connectivity index (χ3n) is 3.68. The number of amides is 2. The Bertz CT molecular complexity index is 747. The second-order valence-corrected chi connectivity index (χ2v) is 5.70. The number of likely N-dealkylation sites (N-methyl/N-ethyl adjacent to an activating group) is 1. The predicted octanol–water partition coefficient (Wildman–Crippen LogP) is 2.05. The van der Waals surface area contributed by atoms with Crippen LogP contribution in [0.15, 0.2) is 48.5 Å². The SMILES string of the molecule is CCNCCNC(=O)c1ccc(OCC(=O)Nc2cccc(OC)c2)cc1. The van der Waals surface area contributed by atoms with Gasteiger partial charge in [0.05, 0.1) is 7.11 Å². The van der Waals surface area contributed by atoms with Crippen molar-refractivity contribution >= 4 is 17.5 Å². The summed E-state index contributed by atoms with van der Waals surface area (Å²) in [6.07, 6.45) is 0. The lowest BCUT2D eigenvalue weighted by atomic mass is 10.2. The Morgan fingerprint density at radius 1 is 1.00 bits per heavy atom. The van der Waals surface area contributed by atoms with E-state index < -0.39 is 0 Å². The van der Waals surface area contributed by atoms with Crippen LogP contribution in [0.25, 0.3) is 0 Å². The molecule has 0 aliphatic heterocycles. The van der Waals surface area contributed by atoms with E-state index in [-0.39, 0.29) is 18.4 Å².